The van der Waals surface area contributed by atoms with Crippen molar-refractivity contribution in [1.82, 2.24) is 10.1 Å². The zero-order valence-corrected chi connectivity index (χ0v) is 12.5. The Morgan fingerprint density at radius 1 is 1.32 bits per heavy atom. The highest BCUT2D eigenvalue weighted by molar-refractivity contribution is 5.09. The van der Waals surface area contributed by atoms with Crippen LogP contribution in [-0.4, -0.2) is 10.1 Å². The second-order valence-electron chi connectivity index (χ2n) is 6.44. The summed E-state index contributed by atoms with van der Waals surface area (Å²) in [5.41, 5.74) is 6.19. The molecule has 0 bridgehead atoms. The SMILES string of the molecule is CCCC(N)c1noc(C2(CC(C)C)CCCC2)n1. The van der Waals surface area contributed by atoms with Gasteiger partial charge in [-0.1, -0.05) is 45.2 Å². The first-order chi connectivity index (χ1) is 9.07. The van der Waals surface area contributed by atoms with Crippen LogP contribution in [0.4, 0.5) is 0 Å². The van der Waals surface area contributed by atoms with Gasteiger partial charge < -0.3 is 10.3 Å². The van der Waals surface area contributed by atoms with Crippen molar-refractivity contribution >= 4 is 0 Å². The molecule has 1 heterocycles. The molecule has 2 rings (SSSR count). The van der Waals surface area contributed by atoms with Crippen LogP contribution in [0.15, 0.2) is 4.52 Å². The van der Waals surface area contributed by atoms with E-state index in [1.807, 2.05) is 0 Å². The summed E-state index contributed by atoms with van der Waals surface area (Å²) in [6.07, 6.45) is 7.98. The van der Waals surface area contributed by atoms with Crippen LogP contribution in [0.2, 0.25) is 0 Å². The molecule has 1 atom stereocenters. The maximum absolute atomic E-state index is 6.08. The van der Waals surface area contributed by atoms with E-state index in [1.165, 1.54) is 25.7 Å². The third-order valence-corrected chi connectivity index (χ3v) is 4.19. The molecular formula is C15H27N3O. The first-order valence-corrected chi connectivity index (χ1v) is 7.67. The zero-order valence-electron chi connectivity index (χ0n) is 12.5. The summed E-state index contributed by atoms with van der Waals surface area (Å²) in [6, 6.07) is -0.0833. The maximum Gasteiger partial charge on any atom is 0.232 e. The highest BCUT2D eigenvalue weighted by atomic mass is 16.5. The first-order valence-electron chi connectivity index (χ1n) is 7.67. The monoisotopic (exact) mass is 265 g/mol. The number of nitrogens with zero attached hydrogens (tertiary/aromatic N) is 2. The summed E-state index contributed by atoms with van der Waals surface area (Å²) in [7, 11) is 0. The van der Waals surface area contributed by atoms with Gasteiger partial charge in [0.1, 0.15) is 0 Å². The summed E-state index contributed by atoms with van der Waals surface area (Å²) in [6.45, 7) is 6.65. The predicted octanol–water partition coefficient (Wildman–Crippen LogP) is 3.73. The molecule has 0 aromatic carbocycles. The van der Waals surface area contributed by atoms with Gasteiger partial charge in [0.05, 0.1) is 6.04 Å². The number of hydrogen-bond donors (Lipinski definition) is 1. The zero-order chi connectivity index (χ0) is 13.9. The Balaban J connectivity index is 2.18. The minimum atomic E-state index is -0.0833. The molecule has 0 amide bonds. The maximum atomic E-state index is 6.08. The minimum Gasteiger partial charge on any atom is -0.339 e. The number of nitrogens with two attached hydrogens (primary N) is 1. The van der Waals surface area contributed by atoms with Gasteiger partial charge in [0, 0.05) is 5.41 Å². The Bertz CT molecular complexity index is 394. The van der Waals surface area contributed by atoms with Crippen molar-refractivity contribution in [2.24, 2.45) is 11.7 Å². The Hall–Kier alpha value is -0.900. The molecule has 1 aromatic rings. The van der Waals surface area contributed by atoms with Crippen LogP contribution in [-0.2, 0) is 5.41 Å². The molecule has 1 fully saturated rings. The van der Waals surface area contributed by atoms with E-state index in [1.54, 1.807) is 0 Å². The highest BCUT2D eigenvalue weighted by Gasteiger charge is 2.41. The van der Waals surface area contributed by atoms with E-state index < -0.39 is 0 Å². The van der Waals surface area contributed by atoms with E-state index in [0.717, 1.165) is 25.2 Å². The van der Waals surface area contributed by atoms with Gasteiger partial charge in [-0.05, 0) is 31.6 Å². The fourth-order valence-corrected chi connectivity index (χ4v) is 3.38. The smallest absolute Gasteiger partial charge is 0.232 e. The van der Waals surface area contributed by atoms with Gasteiger partial charge in [0.2, 0.25) is 5.89 Å². The van der Waals surface area contributed by atoms with E-state index in [-0.39, 0.29) is 11.5 Å². The fraction of sp³-hybridized carbons (Fsp3) is 0.867. The molecule has 0 aliphatic heterocycles. The van der Waals surface area contributed by atoms with Crippen LogP contribution in [0.5, 0.6) is 0 Å². The van der Waals surface area contributed by atoms with E-state index in [2.05, 4.69) is 30.9 Å². The average Bonchev–Trinajstić information content (AvgIpc) is 2.97. The van der Waals surface area contributed by atoms with E-state index in [0.29, 0.717) is 11.7 Å². The molecule has 19 heavy (non-hydrogen) atoms. The van der Waals surface area contributed by atoms with Gasteiger partial charge in [-0.25, -0.2) is 0 Å². The summed E-state index contributed by atoms with van der Waals surface area (Å²) < 4.78 is 5.58. The molecule has 2 N–H and O–H groups in total. The Morgan fingerprint density at radius 2 is 2.00 bits per heavy atom. The van der Waals surface area contributed by atoms with Crippen molar-refractivity contribution in [2.45, 2.75) is 77.2 Å². The van der Waals surface area contributed by atoms with Crippen molar-refractivity contribution in [1.29, 1.82) is 0 Å². The summed E-state index contributed by atoms with van der Waals surface area (Å²) >= 11 is 0. The second-order valence-corrected chi connectivity index (χ2v) is 6.44. The molecule has 0 spiro atoms. The number of hydrogen-bond acceptors (Lipinski definition) is 4. The number of aromatic nitrogens is 2. The third-order valence-electron chi connectivity index (χ3n) is 4.19. The fourth-order valence-electron chi connectivity index (χ4n) is 3.38. The largest absolute Gasteiger partial charge is 0.339 e. The number of rotatable bonds is 6. The van der Waals surface area contributed by atoms with Crippen molar-refractivity contribution in [2.75, 3.05) is 0 Å². The average molecular weight is 265 g/mol. The van der Waals surface area contributed by atoms with Crippen molar-refractivity contribution < 1.29 is 4.52 Å². The van der Waals surface area contributed by atoms with Gasteiger partial charge >= 0.3 is 0 Å². The topological polar surface area (TPSA) is 64.9 Å². The summed E-state index contributed by atoms with van der Waals surface area (Å²) in [4.78, 5) is 4.63. The van der Waals surface area contributed by atoms with Gasteiger partial charge in [-0.15, -0.1) is 0 Å². The quantitative estimate of drug-likeness (QED) is 0.851. The third kappa shape index (κ3) is 3.16. The lowest BCUT2D eigenvalue weighted by atomic mass is 9.78. The molecule has 0 radical (unpaired) electrons. The van der Waals surface area contributed by atoms with E-state index in [4.69, 9.17) is 10.3 Å². The molecule has 1 unspecified atom stereocenters. The molecule has 0 saturated heterocycles. The molecule has 1 aliphatic rings. The standard InChI is InChI=1S/C15H27N3O/c1-4-7-12(16)13-17-14(19-18-13)15(10-11(2)3)8-5-6-9-15/h11-12H,4-10,16H2,1-3H3. The molecular weight excluding hydrogens is 238 g/mol. The summed E-state index contributed by atoms with van der Waals surface area (Å²) in [5, 5.41) is 4.12. The van der Waals surface area contributed by atoms with Gasteiger partial charge in [-0.3, -0.25) is 0 Å². The van der Waals surface area contributed by atoms with Crippen LogP contribution >= 0.6 is 0 Å². The molecule has 1 aromatic heterocycles. The molecule has 108 valence electrons. The van der Waals surface area contributed by atoms with Crippen molar-refractivity contribution in [3.8, 4) is 0 Å². The van der Waals surface area contributed by atoms with Crippen molar-refractivity contribution in [3.05, 3.63) is 11.7 Å². The lowest BCUT2D eigenvalue weighted by molar-refractivity contribution is 0.243. The van der Waals surface area contributed by atoms with Crippen LogP contribution in [0.3, 0.4) is 0 Å². The Labute approximate surface area is 116 Å². The van der Waals surface area contributed by atoms with Gasteiger partial charge in [0.15, 0.2) is 5.82 Å². The van der Waals surface area contributed by atoms with Crippen molar-refractivity contribution in [3.63, 3.8) is 0 Å². The second kappa shape index (κ2) is 6.04. The lowest BCUT2D eigenvalue weighted by Crippen LogP contribution is -2.25. The van der Waals surface area contributed by atoms with Crippen LogP contribution in [0.25, 0.3) is 0 Å². The summed E-state index contributed by atoms with van der Waals surface area (Å²) in [5.74, 6) is 2.17. The molecule has 4 nitrogen and oxygen atoms in total. The molecule has 1 aliphatic carbocycles. The lowest BCUT2D eigenvalue weighted by Gasteiger charge is -2.26. The Kier molecular flexibility index (Phi) is 4.61. The predicted molar refractivity (Wildman–Crippen MR) is 75.7 cm³/mol. The minimum absolute atomic E-state index is 0.0833. The van der Waals surface area contributed by atoms with E-state index >= 15 is 0 Å². The normalized spacial score (nSPS) is 20.1. The van der Waals surface area contributed by atoms with Crippen LogP contribution in [0.1, 0.15) is 83.5 Å². The molecule has 4 heteroatoms. The Morgan fingerprint density at radius 3 is 2.58 bits per heavy atom. The highest BCUT2D eigenvalue weighted by Crippen LogP contribution is 2.45. The van der Waals surface area contributed by atoms with Gasteiger partial charge in [0.25, 0.3) is 0 Å². The van der Waals surface area contributed by atoms with Crippen LogP contribution < -0.4 is 5.73 Å². The van der Waals surface area contributed by atoms with Crippen LogP contribution in [0, 0.1) is 5.92 Å². The molecule has 1 saturated carbocycles. The van der Waals surface area contributed by atoms with Gasteiger partial charge in [-0.2, -0.15) is 4.98 Å². The van der Waals surface area contributed by atoms with E-state index in [9.17, 15) is 0 Å². The first kappa shape index (κ1) is 14.5.